The van der Waals surface area contributed by atoms with Crippen LogP contribution in [0.4, 0.5) is 0 Å². The summed E-state index contributed by atoms with van der Waals surface area (Å²) in [7, 11) is 0. The highest BCUT2D eigenvalue weighted by Crippen LogP contribution is 2.31. The Balaban J connectivity index is 1.84. The van der Waals surface area contributed by atoms with Gasteiger partial charge in [-0.1, -0.05) is 59.6 Å². The van der Waals surface area contributed by atoms with Gasteiger partial charge >= 0.3 is 0 Å². The smallest absolute Gasteiger partial charge is 0.0621 e. The fourth-order valence-corrected chi connectivity index (χ4v) is 3.75. The molecule has 0 amide bonds. The molecule has 1 heterocycles. The lowest BCUT2D eigenvalue weighted by Crippen LogP contribution is -2.14. The summed E-state index contributed by atoms with van der Waals surface area (Å²) < 4.78 is 0. The fraction of sp³-hybridized carbons (Fsp3) is 0.643. The Kier molecular flexibility index (Phi) is 5.30. The number of hydrogen-bond donors (Lipinski definition) is 0. The molecule has 0 aliphatic heterocycles. The maximum absolute atomic E-state index is 6.13. The lowest BCUT2D eigenvalue weighted by atomic mass is 9.85. The van der Waals surface area contributed by atoms with Crippen molar-refractivity contribution in [1.29, 1.82) is 0 Å². The van der Waals surface area contributed by atoms with Crippen LogP contribution in [0.3, 0.4) is 0 Å². The van der Waals surface area contributed by atoms with E-state index in [9.17, 15) is 0 Å². The summed E-state index contributed by atoms with van der Waals surface area (Å²) in [5.41, 5.74) is 1.21. The first-order chi connectivity index (χ1) is 8.25. The standard InChI is InChI=1S/C14H19BrClN/c15-13(8-11-4-2-1-3-5-11)9-12-6-7-17-10-14(12)16/h6-7,10-11,13H,1-5,8-9H2. The number of nitrogens with zero attached hydrogens (tertiary/aromatic N) is 1. The molecule has 1 aliphatic rings. The van der Waals surface area contributed by atoms with Crippen LogP contribution in [0.25, 0.3) is 0 Å². The Morgan fingerprint density at radius 2 is 2.12 bits per heavy atom. The third-order valence-electron chi connectivity index (χ3n) is 3.61. The van der Waals surface area contributed by atoms with Crippen LogP contribution in [0.1, 0.15) is 44.1 Å². The molecule has 94 valence electrons. The van der Waals surface area contributed by atoms with Crippen molar-refractivity contribution in [2.75, 3.05) is 0 Å². The monoisotopic (exact) mass is 315 g/mol. The summed E-state index contributed by atoms with van der Waals surface area (Å²) in [6.45, 7) is 0. The Morgan fingerprint density at radius 1 is 1.35 bits per heavy atom. The van der Waals surface area contributed by atoms with E-state index >= 15 is 0 Å². The van der Waals surface area contributed by atoms with Crippen molar-refractivity contribution in [1.82, 2.24) is 4.98 Å². The number of pyridine rings is 1. The van der Waals surface area contributed by atoms with Gasteiger partial charge in [0, 0.05) is 17.2 Å². The minimum Gasteiger partial charge on any atom is -0.263 e. The molecule has 0 N–H and O–H groups in total. The second kappa shape index (κ2) is 6.75. The van der Waals surface area contributed by atoms with E-state index < -0.39 is 0 Å². The minimum atomic E-state index is 0.547. The van der Waals surface area contributed by atoms with Crippen LogP contribution in [-0.2, 0) is 6.42 Å². The fourth-order valence-electron chi connectivity index (χ4n) is 2.68. The molecule has 1 nitrogen and oxygen atoms in total. The van der Waals surface area contributed by atoms with Crippen LogP contribution >= 0.6 is 27.5 Å². The number of hydrogen-bond acceptors (Lipinski definition) is 1. The summed E-state index contributed by atoms with van der Waals surface area (Å²) in [6, 6.07) is 2.03. The van der Waals surface area contributed by atoms with Gasteiger partial charge in [-0.15, -0.1) is 0 Å². The van der Waals surface area contributed by atoms with Gasteiger partial charge in [0.1, 0.15) is 0 Å². The van der Waals surface area contributed by atoms with Crippen molar-refractivity contribution in [2.24, 2.45) is 5.92 Å². The molecule has 0 spiro atoms. The lowest BCUT2D eigenvalue weighted by molar-refractivity contribution is 0.337. The van der Waals surface area contributed by atoms with E-state index in [-0.39, 0.29) is 0 Å². The predicted octanol–water partition coefficient (Wildman–Crippen LogP) is 5.01. The van der Waals surface area contributed by atoms with Crippen LogP contribution < -0.4 is 0 Å². The average Bonchev–Trinajstić information content (AvgIpc) is 2.33. The van der Waals surface area contributed by atoms with Crippen molar-refractivity contribution >= 4 is 27.5 Å². The highest BCUT2D eigenvalue weighted by atomic mass is 79.9. The van der Waals surface area contributed by atoms with E-state index in [2.05, 4.69) is 20.9 Å². The van der Waals surface area contributed by atoms with Gasteiger partial charge in [0.2, 0.25) is 0 Å². The molecular formula is C14H19BrClN. The minimum absolute atomic E-state index is 0.547. The zero-order valence-corrected chi connectivity index (χ0v) is 12.4. The first-order valence-corrected chi connectivity index (χ1v) is 7.77. The number of aromatic nitrogens is 1. The van der Waals surface area contributed by atoms with E-state index in [4.69, 9.17) is 11.6 Å². The number of halogens is 2. The first-order valence-electron chi connectivity index (χ1n) is 6.48. The molecule has 0 radical (unpaired) electrons. The molecule has 1 aromatic rings. The normalized spacial score (nSPS) is 19.2. The van der Waals surface area contributed by atoms with E-state index in [1.54, 1.807) is 6.20 Å². The quantitative estimate of drug-likeness (QED) is 0.711. The molecule has 1 saturated carbocycles. The molecule has 0 saturated heterocycles. The Bertz CT molecular complexity index is 350. The molecule has 0 bridgehead atoms. The van der Waals surface area contributed by atoms with Gasteiger partial charge in [0.25, 0.3) is 0 Å². The second-order valence-electron chi connectivity index (χ2n) is 5.01. The van der Waals surface area contributed by atoms with Crippen LogP contribution in [0, 0.1) is 5.92 Å². The van der Waals surface area contributed by atoms with Gasteiger partial charge in [0.05, 0.1) is 5.02 Å². The largest absolute Gasteiger partial charge is 0.263 e. The number of rotatable bonds is 4. The molecule has 0 aromatic carbocycles. The summed E-state index contributed by atoms with van der Waals surface area (Å²) >= 11 is 9.93. The lowest BCUT2D eigenvalue weighted by Gasteiger charge is -2.24. The molecule has 1 aromatic heterocycles. The first kappa shape index (κ1) is 13.4. The SMILES string of the molecule is Clc1cnccc1CC(Br)CC1CCCCC1. The number of alkyl halides is 1. The van der Waals surface area contributed by atoms with Crippen molar-refractivity contribution in [3.05, 3.63) is 29.0 Å². The summed E-state index contributed by atoms with van der Waals surface area (Å²) in [6.07, 6.45) is 12.9. The molecule has 17 heavy (non-hydrogen) atoms. The molecular weight excluding hydrogens is 298 g/mol. The highest BCUT2D eigenvalue weighted by molar-refractivity contribution is 9.09. The maximum Gasteiger partial charge on any atom is 0.0621 e. The summed E-state index contributed by atoms with van der Waals surface area (Å²) in [4.78, 5) is 4.57. The summed E-state index contributed by atoms with van der Waals surface area (Å²) in [5.74, 6) is 0.911. The van der Waals surface area contributed by atoms with Gasteiger partial charge in [-0.05, 0) is 30.4 Å². The summed E-state index contributed by atoms with van der Waals surface area (Å²) in [5, 5.41) is 0.792. The molecule has 3 heteroatoms. The van der Waals surface area contributed by atoms with E-state index in [0.29, 0.717) is 4.83 Å². The van der Waals surface area contributed by atoms with Crippen LogP contribution in [0.15, 0.2) is 18.5 Å². The Labute approximate surface area is 117 Å². The van der Waals surface area contributed by atoms with Crippen molar-refractivity contribution in [3.63, 3.8) is 0 Å². The van der Waals surface area contributed by atoms with E-state index in [0.717, 1.165) is 17.4 Å². The predicted molar refractivity (Wildman–Crippen MR) is 76.9 cm³/mol. The third kappa shape index (κ3) is 4.26. The molecule has 1 aliphatic carbocycles. The van der Waals surface area contributed by atoms with Crippen molar-refractivity contribution < 1.29 is 0 Å². The average molecular weight is 317 g/mol. The molecule has 2 rings (SSSR count). The van der Waals surface area contributed by atoms with Crippen LogP contribution in [0.5, 0.6) is 0 Å². The van der Waals surface area contributed by atoms with Crippen molar-refractivity contribution in [3.8, 4) is 0 Å². The Hall–Kier alpha value is -0.0800. The molecule has 1 fully saturated rings. The van der Waals surface area contributed by atoms with E-state index in [1.165, 1.54) is 44.1 Å². The van der Waals surface area contributed by atoms with Crippen LogP contribution in [0.2, 0.25) is 5.02 Å². The zero-order chi connectivity index (χ0) is 12.1. The second-order valence-corrected chi connectivity index (χ2v) is 6.71. The van der Waals surface area contributed by atoms with E-state index in [1.807, 2.05) is 12.3 Å². The van der Waals surface area contributed by atoms with Crippen molar-refractivity contribution in [2.45, 2.75) is 49.8 Å². The molecule has 1 atom stereocenters. The topological polar surface area (TPSA) is 12.9 Å². The molecule has 1 unspecified atom stereocenters. The third-order valence-corrected chi connectivity index (χ3v) is 4.65. The van der Waals surface area contributed by atoms with Gasteiger partial charge in [-0.2, -0.15) is 0 Å². The van der Waals surface area contributed by atoms with Gasteiger partial charge in [0.15, 0.2) is 0 Å². The van der Waals surface area contributed by atoms with Gasteiger partial charge in [-0.25, -0.2) is 0 Å². The Morgan fingerprint density at radius 3 is 2.82 bits per heavy atom. The maximum atomic E-state index is 6.13. The zero-order valence-electron chi connectivity index (χ0n) is 10.0. The van der Waals surface area contributed by atoms with Gasteiger partial charge in [-0.3, -0.25) is 4.98 Å². The van der Waals surface area contributed by atoms with Crippen LogP contribution in [-0.4, -0.2) is 9.81 Å². The van der Waals surface area contributed by atoms with Gasteiger partial charge < -0.3 is 0 Å². The highest BCUT2D eigenvalue weighted by Gasteiger charge is 2.18.